The molecule has 0 aliphatic carbocycles. The van der Waals surface area contributed by atoms with Crippen molar-refractivity contribution >= 4 is 16.9 Å². The van der Waals surface area contributed by atoms with E-state index in [1.165, 1.54) is 25.3 Å². The highest BCUT2D eigenvalue weighted by Gasteiger charge is 2.61. The predicted molar refractivity (Wildman–Crippen MR) is 113 cm³/mol. The fourth-order valence-electron chi connectivity index (χ4n) is 3.54. The maximum atomic E-state index is 14.5. The van der Waals surface area contributed by atoms with Crippen molar-refractivity contribution in [3.63, 3.8) is 0 Å². The molecule has 1 unspecified atom stereocenters. The first kappa shape index (κ1) is 22.3. The van der Waals surface area contributed by atoms with Crippen LogP contribution in [0.4, 0.5) is 13.2 Å². The molecule has 0 spiro atoms. The molecule has 0 fully saturated rings. The maximum absolute atomic E-state index is 14.5. The summed E-state index contributed by atoms with van der Waals surface area (Å²) in [5.41, 5.74) is 1.69. The third kappa shape index (κ3) is 3.80. The molecule has 11 heteroatoms. The minimum absolute atomic E-state index is 0.0318. The third-order valence-electron chi connectivity index (χ3n) is 5.11. The summed E-state index contributed by atoms with van der Waals surface area (Å²) in [4.78, 5) is 21.1. The Morgan fingerprint density at radius 2 is 1.82 bits per heavy atom. The predicted octanol–water partition coefficient (Wildman–Crippen LogP) is 3.79. The molecule has 1 N–H and O–H groups in total. The van der Waals surface area contributed by atoms with Crippen molar-refractivity contribution in [2.75, 3.05) is 14.2 Å². The number of halogens is 3. The Hall–Kier alpha value is -3.86. The molecular formula is C22H20F3N5O3. The standard InChI is InChI=1S/C22H20F3N5O3/c1-14-12-29(13-26-14)16-9-10-18-17(11-16)27-20(32-2)30(18)22(33-3,21(23,24)25)28-19(31)15-7-5-4-6-8-15/h4-13H,1-3H3,(H,28,31). The van der Waals surface area contributed by atoms with Gasteiger partial charge in [-0.3, -0.25) is 10.1 Å². The molecule has 2 aromatic heterocycles. The second-order valence-electron chi connectivity index (χ2n) is 7.20. The van der Waals surface area contributed by atoms with Crippen LogP contribution in [0.2, 0.25) is 0 Å². The Balaban J connectivity index is 1.89. The number of fused-ring (bicyclic) bond motifs is 1. The highest BCUT2D eigenvalue weighted by Crippen LogP contribution is 2.41. The fourth-order valence-corrected chi connectivity index (χ4v) is 3.54. The lowest BCUT2D eigenvalue weighted by Crippen LogP contribution is -2.61. The molecule has 1 amide bonds. The van der Waals surface area contributed by atoms with Gasteiger partial charge in [0.2, 0.25) is 0 Å². The normalized spacial score (nSPS) is 13.6. The number of benzene rings is 2. The van der Waals surface area contributed by atoms with Gasteiger partial charge in [0.25, 0.3) is 5.91 Å². The van der Waals surface area contributed by atoms with E-state index in [9.17, 15) is 18.0 Å². The summed E-state index contributed by atoms with van der Waals surface area (Å²) in [7, 11) is 2.04. The molecule has 0 aliphatic heterocycles. The average molecular weight is 459 g/mol. The third-order valence-corrected chi connectivity index (χ3v) is 5.11. The van der Waals surface area contributed by atoms with E-state index in [4.69, 9.17) is 9.47 Å². The van der Waals surface area contributed by atoms with E-state index in [1.54, 1.807) is 47.4 Å². The number of hydrogen-bond donors (Lipinski definition) is 1. The topological polar surface area (TPSA) is 83.2 Å². The van der Waals surface area contributed by atoms with Crippen molar-refractivity contribution in [2.45, 2.75) is 18.9 Å². The van der Waals surface area contributed by atoms with Crippen molar-refractivity contribution < 1.29 is 27.4 Å². The van der Waals surface area contributed by atoms with E-state index in [1.807, 2.05) is 12.2 Å². The van der Waals surface area contributed by atoms with Gasteiger partial charge in [-0.05, 0) is 37.3 Å². The quantitative estimate of drug-likeness (QED) is 0.444. The number of carbonyl (C=O) groups excluding carboxylic acids is 1. The van der Waals surface area contributed by atoms with Gasteiger partial charge in [-0.1, -0.05) is 18.2 Å². The molecule has 172 valence electrons. The van der Waals surface area contributed by atoms with Crippen molar-refractivity contribution in [1.29, 1.82) is 0 Å². The van der Waals surface area contributed by atoms with Gasteiger partial charge in [0.05, 0.1) is 30.2 Å². The first-order valence-corrected chi connectivity index (χ1v) is 9.77. The Labute approximate surface area is 186 Å². The van der Waals surface area contributed by atoms with Gasteiger partial charge >= 0.3 is 18.0 Å². The summed E-state index contributed by atoms with van der Waals surface area (Å²) in [6.07, 6.45) is -1.72. The highest BCUT2D eigenvalue weighted by atomic mass is 19.4. The lowest BCUT2D eigenvalue weighted by molar-refractivity contribution is -0.317. The molecule has 2 aromatic carbocycles. The molecule has 0 aliphatic rings. The zero-order chi connectivity index (χ0) is 23.8. The molecule has 0 saturated heterocycles. The number of methoxy groups -OCH3 is 2. The summed E-state index contributed by atoms with van der Waals surface area (Å²) < 4.78 is 56.2. The van der Waals surface area contributed by atoms with Gasteiger partial charge in [0.15, 0.2) is 0 Å². The van der Waals surface area contributed by atoms with E-state index < -0.39 is 23.9 Å². The van der Waals surface area contributed by atoms with Crippen LogP contribution in [-0.2, 0) is 10.6 Å². The lowest BCUT2D eigenvalue weighted by atomic mass is 10.2. The number of nitrogens with zero attached hydrogens (tertiary/aromatic N) is 4. The Bertz CT molecular complexity index is 1300. The molecule has 4 aromatic rings. The molecule has 0 radical (unpaired) electrons. The van der Waals surface area contributed by atoms with E-state index in [0.717, 1.165) is 12.8 Å². The zero-order valence-corrected chi connectivity index (χ0v) is 17.9. The number of imidazole rings is 2. The molecule has 4 rings (SSSR count). The summed E-state index contributed by atoms with van der Waals surface area (Å²) >= 11 is 0. The molecule has 33 heavy (non-hydrogen) atoms. The molecule has 1 atom stereocenters. The van der Waals surface area contributed by atoms with Gasteiger partial charge in [0.1, 0.15) is 0 Å². The van der Waals surface area contributed by atoms with Crippen LogP contribution in [-0.4, -0.2) is 45.4 Å². The van der Waals surface area contributed by atoms with Crippen LogP contribution in [0.3, 0.4) is 0 Å². The highest BCUT2D eigenvalue weighted by molar-refractivity contribution is 5.94. The number of carbonyl (C=O) groups is 1. The second-order valence-corrected chi connectivity index (χ2v) is 7.20. The summed E-state index contributed by atoms with van der Waals surface area (Å²) in [6.45, 7) is 1.82. The second kappa shape index (κ2) is 8.24. The average Bonchev–Trinajstić information content (AvgIpc) is 3.40. The van der Waals surface area contributed by atoms with E-state index in [2.05, 4.69) is 9.97 Å². The van der Waals surface area contributed by atoms with Gasteiger partial charge in [-0.15, -0.1) is 0 Å². The van der Waals surface area contributed by atoms with E-state index in [-0.39, 0.29) is 16.6 Å². The van der Waals surface area contributed by atoms with Gasteiger partial charge in [-0.2, -0.15) is 18.2 Å². The van der Waals surface area contributed by atoms with Crippen molar-refractivity contribution in [1.82, 2.24) is 24.4 Å². The Morgan fingerprint density at radius 1 is 1.09 bits per heavy atom. The lowest BCUT2D eigenvalue weighted by Gasteiger charge is -2.36. The largest absolute Gasteiger partial charge is 0.468 e. The fraction of sp³-hybridized carbons (Fsp3) is 0.227. The Morgan fingerprint density at radius 3 is 2.39 bits per heavy atom. The van der Waals surface area contributed by atoms with Crippen molar-refractivity contribution in [2.24, 2.45) is 0 Å². The van der Waals surface area contributed by atoms with Crippen LogP contribution in [0, 0.1) is 6.92 Å². The van der Waals surface area contributed by atoms with Crippen LogP contribution in [0.5, 0.6) is 6.01 Å². The number of amides is 1. The van der Waals surface area contributed by atoms with E-state index >= 15 is 0 Å². The first-order valence-electron chi connectivity index (χ1n) is 9.77. The first-order chi connectivity index (χ1) is 15.7. The number of rotatable bonds is 6. The minimum Gasteiger partial charge on any atom is -0.468 e. The van der Waals surface area contributed by atoms with Gasteiger partial charge in [-0.25, -0.2) is 9.55 Å². The number of aromatic nitrogens is 4. The van der Waals surface area contributed by atoms with Crippen molar-refractivity contribution in [3.8, 4) is 11.7 Å². The van der Waals surface area contributed by atoms with E-state index in [0.29, 0.717) is 10.3 Å². The smallest absolute Gasteiger partial charge is 0.459 e. The Kier molecular flexibility index (Phi) is 5.58. The molecule has 8 nitrogen and oxygen atoms in total. The van der Waals surface area contributed by atoms with Crippen LogP contribution < -0.4 is 10.1 Å². The van der Waals surface area contributed by atoms with Crippen LogP contribution in [0.1, 0.15) is 16.1 Å². The number of alkyl halides is 3. The van der Waals surface area contributed by atoms with Gasteiger partial charge < -0.3 is 14.0 Å². The van der Waals surface area contributed by atoms with Gasteiger partial charge in [0, 0.05) is 24.6 Å². The van der Waals surface area contributed by atoms with Crippen molar-refractivity contribution in [3.05, 3.63) is 72.3 Å². The summed E-state index contributed by atoms with van der Waals surface area (Å²) in [5, 5.41) is 2.00. The maximum Gasteiger partial charge on any atom is 0.459 e. The summed E-state index contributed by atoms with van der Waals surface area (Å²) in [6, 6.07) is 11.8. The van der Waals surface area contributed by atoms with Crippen LogP contribution in [0.15, 0.2) is 61.1 Å². The zero-order valence-electron chi connectivity index (χ0n) is 17.9. The van der Waals surface area contributed by atoms with Crippen LogP contribution >= 0.6 is 0 Å². The number of aryl methyl sites for hydroxylation is 1. The monoisotopic (exact) mass is 459 g/mol. The SMILES string of the molecule is COc1nc2cc(-n3cnc(C)c3)ccc2n1C(NC(=O)c1ccccc1)(OC)C(F)(F)F. The molecule has 2 heterocycles. The number of hydrogen-bond acceptors (Lipinski definition) is 5. The van der Waals surface area contributed by atoms with Crippen LogP contribution in [0.25, 0.3) is 16.7 Å². The molecular weight excluding hydrogens is 439 g/mol. The minimum atomic E-state index is -5.08. The summed E-state index contributed by atoms with van der Waals surface area (Å²) in [5.74, 6) is -4.27. The number of nitrogens with one attached hydrogen (secondary N) is 1. The number of ether oxygens (including phenoxy) is 2. The molecule has 0 bridgehead atoms. The molecule has 0 saturated carbocycles.